The highest BCUT2D eigenvalue weighted by Crippen LogP contribution is 2.26. The van der Waals surface area contributed by atoms with Crippen LogP contribution in [0.4, 0.5) is 0 Å². The van der Waals surface area contributed by atoms with Gasteiger partial charge in [0.2, 0.25) is 0 Å². The molecule has 0 aliphatic carbocycles. The van der Waals surface area contributed by atoms with Crippen molar-refractivity contribution in [2.75, 3.05) is 6.26 Å². The van der Waals surface area contributed by atoms with Crippen LogP contribution in [0.25, 0.3) is 0 Å². The summed E-state index contributed by atoms with van der Waals surface area (Å²) in [5.74, 6) is 8.08. The molecule has 74 valence electrons. The van der Waals surface area contributed by atoms with Crippen molar-refractivity contribution in [3.05, 3.63) is 29.8 Å². The van der Waals surface area contributed by atoms with Crippen LogP contribution in [-0.2, 0) is 0 Å². The number of benzene rings is 1. The van der Waals surface area contributed by atoms with E-state index in [2.05, 4.69) is 17.4 Å². The van der Waals surface area contributed by atoms with Crippen LogP contribution in [0.2, 0.25) is 0 Å². The summed E-state index contributed by atoms with van der Waals surface area (Å²) in [6.07, 6.45) is 7.93. The lowest BCUT2D eigenvalue weighted by Crippen LogP contribution is -2.28. The smallest absolute Gasteiger partial charge is 0.0580 e. The van der Waals surface area contributed by atoms with Crippen molar-refractivity contribution in [1.29, 1.82) is 0 Å². The molecule has 1 atom stereocenters. The van der Waals surface area contributed by atoms with E-state index in [0.29, 0.717) is 6.42 Å². The average Bonchev–Trinajstić information content (AvgIpc) is 2.26. The van der Waals surface area contributed by atoms with Gasteiger partial charge in [-0.25, -0.2) is 0 Å². The van der Waals surface area contributed by atoms with E-state index in [1.54, 1.807) is 11.8 Å². The second kappa shape index (κ2) is 5.71. The third-order valence-corrected chi connectivity index (χ3v) is 2.85. The Kier molecular flexibility index (Phi) is 4.54. The normalized spacial score (nSPS) is 12.1. The Morgan fingerprint density at radius 3 is 2.86 bits per heavy atom. The Morgan fingerprint density at radius 2 is 2.29 bits per heavy atom. The van der Waals surface area contributed by atoms with Gasteiger partial charge in [-0.15, -0.1) is 24.1 Å². The molecule has 0 aliphatic heterocycles. The highest BCUT2D eigenvalue weighted by atomic mass is 32.2. The summed E-state index contributed by atoms with van der Waals surface area (Å²) in [4.78, 5) is 1.21. The third kappa shape index (κ3) is 2.52. The van der Waals surface area contributed by atoms with E-state index in [1.807, 2.05) is 24.5 Å². The molecule has 0 fully saturated rings. The van der Waals surface area contributed by atoms with Crippen molar-refractivity contribution in [3.63, 3.8) is 0 Å². The Labute approximate surface area is 89.2 Å². The average molecular weight is 206 g/mol. The van der Waals surface area contributed by atoms with Gasteiger partial charge in [0.15, 0.2) is 0 Å². The highest BCUT2D eigenvalue weighted by molar-refractivity contribution is 7.98. The SMILES string of the molecule is C#CCC(NN)c1ccccc1SC. The number of thioether (sulfide) groups is 1. The molecule has 3 N–H and O–H groups in total. The molecule has 0 aromatic heterocycles. The number of terminal acetylenes is 1. The van der Waals surface area contributed by atoms with Crippen LogP contribution in [0.1, 0.15) is 18.0 Å². The van der Waals surface area contributed by atoms with E-state index in [0.717, 1.165) is 0 Å². The molecule has 3 heteroatoms. The van der Waals surface area contributed by atoms with Crippen molar-refractivity contribution in [3.8, 4) is 12.3 Å². The van der Waals surface area contributed by atoms with Crippen LogP contribution in [0.5, 0.6) is 0 Å². The number of nitrogens with two attached hydrogens (primary N) is 1. The number of hydrazine groups is 1. The molecule has 1 rings (SSSR count). The minimum Gasteiger partial charge on any atom is -0.271 e. The van der Waals surface area contributed by atoms with Crippen LogP contribution in [0, 0.1) is 12.3 Å². The quantitative estimate of drug-likeness (QED) is 0.342. The van der Waals surface area contributed by atoms with E-state index < -0.39 is 0 Å². The lowest BCUT2D eigenvalue weighted by atomic mass is 10.1. The lowest BCUT2D eigenvalue weighted by molar-refractivity contribution is 0.560. The summed E-state index contributed by atoms with van der Waals surface area (Å²) in [7, 11) is 0. The van der Waals surface area contributed by atoms with Gasteiger partial charge in [0.25, 0.3) is 0 Å². The van der Waals surface area contributed by atoms with Gasteiger partial charge in [0, 0.05) is 11.3 Å². The Hall–Kier alpha value is -0.950. The zero-order valence-corrected chi connectivity index (χ0v) is 8.97. The van der Waals surface area contributed by atoms with Gasteiger partial charge < -0.3 is 0 Å². The Bertz CT molecular complexity index is 330. The maximum absolute atomic E-state index is 5.46. The van der Waals surface area contributed by atoms with E-state index in [1.165, 1.54) is 10.5 Å². The molecule has 14 heavy (non-hydrogen) atoms. The van der Waals surface area contributed by atoms with Crippen molar-refractivity contribution in [2.24, 2.45) is 5.84 Å². The van der Waals surface area contributed by atoms with Crippen molar-refractivity contribution >= 4 is 11.8 Å². The molecule has 1 aromatic rings. The third-order valence-electron chi connectivity index (χ3n) is 2.04. The van der Waals surface area contributed by atoms with Crippen molar-refractivity contribution in [1.82, 2.24) is 5.43 Å². The molecule has 0 bridgehead atoms. The molecular formula is C11H14N2S. The van der Waals surface area contributed by atoms with Gasteiger partial charge in [-0.2, -0.15) is 0 Å². The molecule has 0 saturated carbocycles. The van der Waals surface area contributed by atoms with Crippen LogP contribution >= 0.6 is 11.8 Å². The van der Waals surface area contributed by atoms with Crippen LogP contribution in [0.3, 0.4) is 0 Å². The summed E-state index contributed by atoms with van der Waals surface area (Å²) >= 11 is 1.70. The first kappa shape index (κ1) is 11.1. The first-order valence-corrected chi connectivity index (χ1v) is 5.58. The Balaban J connectivity index is 2.97. The molecule has 0 spiro atoms. The molecule has 1 aromatic carbocycles. The second-order valence-corrected chi connectivity index (χ2v) is 3.72. The fraction of sp³-hybridized carbons (Fsp3) is 0.273. The van der Waals surface area contributed by atoms with Gasteiger partial charge in [-0.05, 0) is 17.9 Å². The molecule has 0 saturated heterocycles. The molecule has 0 amide bonds. The number of hydrogen-bond acceptors (Lipinski definition) is 3. The minimum absolute atomic E-state index is 0.0450. The maximum atomic E-state index is 5.46. The lowest BCUT2D eigenvalue weighted by Gasteiger charge is -2.16. The first-order valence-electron chi connectivity index (χ1n) is 4.36. The van der Waals surface area contributed by atoms with Crippen molar-refractivity contribution < 1.29 is 0 Å². The van der Waals surface area contributed by atoms with Crippen molar-refractivity contribution in [2.45, 2.75) is 17.4 Å². The molecule has 2 nitrogen and oxygen atoms in total. The predicted octanol–water partition coefficient (Wildman–Crippen LogP) is 1.94. The van der Waals surface area contributed by atoms with Crippen LogP contribution < -0.4 is 11.3 Å². The van der Waals surface area contributed by atoms with E-state index >= 15 is 0 Å². The zero-order valence-electron chi connectivity index (χ0n) is 8.16. The minimum atomic E-state index is 0.0450. The molecule has 0 heterocycles. The zero-order chi connectivity index (χ0) is 10.4. The predicted molar refractivity (Wildman–Crippen MR) is 61.7 cm³/mol. The largest absolute Gasteiger partial charge is 0.271 e. The highest BCUT2D eigenvalue weighted by Gasteiger charge is 2.11. The summed E-state index contributed by atoms with van der Waals surface area (Å²) in [6, 6.07) is 8.17. The summed E-state index contributed by atoms with van der Waals surface area (Å²) in [5, 5.41) is 0. The molecule has 1 unspecified atom stereocenters. The van der Waals surface area contributed by atoms with E-state index in [4.69, 9.17) is 12.3 Å². The fourth-order valence-corrected chi connectivity index (χ4v) is 1.99. The number of rotatable bonds is 4. The van der Waals surface area contributed by atoms with Crippen LogP contribution in [-0.4, -0.2) is 6.26 Å². The number of nitrogens with one attached hydrogen (secondary N) is 1. The monoisotopic (exact) mass is 206 g/mol. The maximum Gasteiger partial charge on any atom is 0.0580 e. The van der Waals surface area contributed by atoms with Gasteiger partial charge in [-0.1, -0.05) is 18.2 Å². The topological polar surface area (TPSA) is 38.0 Å². The molecule has 0 radical (unpaired) electrons. The summed E-state index contributed by atoms with van der Waals surface area (Å²) in [5.41, 5.74) is 3.91. The molecule has 0 aliphatic rings. The second-order valence-electron chi connectivity index (χ2n) is 2.87. The summed E-state index contributed by atoms with van der Waals surface area (Å²) < 4.78 is 0. The standard InChI is InChI=1S/C11H14N2S/c1-3-6-10(13-12)9-7-4-5-8-11(9)14-2/h1,4-5,7-8,10,13H,6,12H2,2H3. The van der Waals surface area contributed by atoms with Crippen LogP contribution in [0.15, 0.2) is 29.2 Å². The van der Waals surface area contributed by atoms with E-state index in [9.17, 15) is 0 Å². The van der Waals surface area contributed by atoms with Gasteiger partial charge in [0.05, 0.1) is 6.04 Å². The van der Waals surface area contributed by atoms with E-state index in [-0.39, 0.29) is 6.04 Å². The Morgan fingerprint density at radius 1 is 1.57 bits per heavy atom. The van der Waals surface area contributed by atoms with Gasteiger partial charge in [0.1, 0.15) is 0 Å². The fourth-order valence-electron chi connectivity index (χ4n) is 1.33. The van der Waals surface area contributed by atoms with Gasteiger partial charge >= 0.3 is 0 Å². The first-order chi connectivity index (χ1) is 6.83. The number of hydrogen-bond donors (Lipinski definition) is 2. The summed E-state index contributed by atoms with van der Waals surface area (Å²) in [6.45, 7) is 0. The molecular weight excluding hydrogens is 192 g/mol. The van der Waals surface area contributed by atoms with Gasteiger partial charge in [-0.3, -0.25) is 11.3 Å².